The first-order valence-electron chi connectivity index (χ1n) is 8.27. The van der Waals surface area contributed by atoms with Gasteiger partial charge in [0, 0.05) is 5.75 Å². The number of allylic oxidation sites excluding steroid dienone is 3. The minimum atomic E-state index is 0.158. The van der Waals surface area contributed by atoms with Crippen molar-refractivity contribution >= 4 is 18.9 Å². The zero-order valence-corrected chi connectivity index (χ0v) is 14.4. The molecule has 2 nitrogen and oxygen atoms in total. The average molecular weight is 308 g/mol. The third-order valence-electron chi connectivity index (χ3n) is 5.28. The summed E-state index contributed by atoms with van der Waals surface area (Å²) in [6, 6.07) is 0. The monoisotopic (exact) mass is 308 g/mol. The Morgan fingerprint density at radius 3 is 2.67 bits per heavy atom. The Labute approximate surface area is 134 Å². The van der Waals surface area contributed by atoms with Gasteiger partial charge in [-0.05, 0) is 55.7 Å². The predicted octanol–water partition coefficient (Wildman–Crippen LogP) is 4.51. The predicted molar refractivity (Wildman–Crippen MR) is 90.8 cm³/mol. The van der Waals surface area contributed by atoms with Gasteiger partial charge in [0.2, 0.25) is 0 Å². The van der Waals surface area contributed by atoms with Crippen LogP contribution in [-0.4, -0.2) is 23.7 Å². The smallest absolute Gasteiger partial charge is 0.143 e. The number of rotatable bonds is 6. The molecule has 3 heteroatoms. The van der Waals surface area contributed by atoms with Gasteiger partial charge in [0.05, 0.1) is 11.7 Å². The molecule has 3 atom stereocenters. The van der Waals surface area contributed by atoms with Crippen LogP contribution in [0.15, 0.2) is 22.8 Å². The number of aldehydes is 1. The summed E-state index contributed by atoms with van der Waals surface area (Å²) in [6.45, 7) is 6.67. The molecular weight excluding hydrogens is 280 g/mol. The van der Waals surface area contributed by atoms with Gasteiger partial charge in [-0.3, -0.25) is 4.79 Å². The molecule has 0 bridgehead atoms. The highest BCUT2D eigenvalue weighted by molar-refractivity contribution is 7.80. The molecule has 0 radical (unpaired) electrons. The van der Waals surface area contributed by atoms with Crippen LogP contribution < -0.4 is 0 Å². The van der Waals surface area contributed by atoms with Gasteiger partial charge in [-0.15, -0.1) is 0 Å². The second kappa shape index (κ2) is 7.15. The molecule has 2 fully saturated rings. The highest BCUT2D eigenvalue weighted by Gasteiger charge is 2.59. The number of carbonyl (C=O) groups is 1. The number of carbonyl (C=O) groups excluding carboxylic acids is 1. The quantitative estimate of drug-likeness (QED) is 0.339. The lowest BCUT2D eigenvalue weighted by molar-refractivity contribution is -0.104. The van der Waals surface area contributed by atoms with Gasteiger partial charge in [0.25, 0.3) is 0 Å². The van der Waals surface area contributed by atoms with Crippen LogP contribution in [0.3, 0.4) is 0 Å². The third-order valence-corrected chi connectivity index (χ3v) is 5.62. The molecule has 0 N–H and O–H groups in total. The molecule has 2 aliphatic rings. The Balaban J connectivity index is 2.27. The van der Waals surface area contributed by atoms with E-state index in [1.807, 2.05) is 0 Å². The summed E-state index contributed by atoms with van der Waals surface area (Å²) in [5.74, 6) is 1.27. The van der Waals surface area contributed by atoms with E-state index in [9.17, 15) is 4.79 Å². The second-order valence-electron chi connectivity index (χ2n) is 6.34. The second-order valence-corrected chi connectivity index (χ2v) is 6.66. The molecule has 1 spiro atoms. The molecule has 1 aliphatic carbocycles. The van der Waals surface area contributed by atoms with Gasteiger partial charge in [-0.2, -0.15) is 12.6 Å². The van der Waals surface area contributed by atoms with Crippen LogP contribution in [0.1, 0.15) is 59.3 Å². The molecule has 2 rings (SSSR count). The molecule has 1 aliphatic heterocycles. The molecule has 0 amide bonds. The van der Waals surface area contributed by atoms with E-state index >= 15 is 0 Å². The topological polar surface area (TPSA) is 29.6 Å². The molecule has 0 aromatic carbocycles. The van der Waals surface area contributed by atoms with E-state index < -0.39 is 0 Å². The van der Waals surface area contributed by atoms with Crippen molar-refractivity contribution in [1.82, 2.24) is 0 Å². The Hall–Kier alpha value is -0.540. The van der Waals surface area contributed by atoms with Crippen LogP contribution in [0.5, 0.6) is 0 Å². The largest absolute Gasteiger partial charge is 0.366 e. The summed E-state index contributed by atoms with van der Waals surface area (Å²) in [4.78, 5) is 10.9. The Kier molecular flexibility index (Phi) is 5.73. The van der Waals surface area contributed by atoms with E-state index in [1.54, 1.807) is 11.6 Å². The lowest BCUT2D eigenvalue weighted by atomic mass is 9.71. The maximum absolute atomic E-state index is 10.9. The summed E-state index contributed by atoms with van der Waals surface area (Å²) in [5, 5.41) is 0. The highest BCUT2D eigenvalue weighted by atomic mass is 32.1. The normalized spacial score (nSPS) is 35.0. The van der Waals surface area contributed by atoms with Crippen LogP contribution in [-0.2, 0) is 9.53 Å². The maximum Gasteiger partial charge on any atom is 0.143 e. The molecule has 0 aromatic heterocycles. The van der Waals surface area contributed by atoms with Crippen molar-refractivity contribution in [1.29, 1.82) is 0 Å². The summed E-state index contributed by atoms with van der Waals surface area (Å²) >= 11 is 4.42. The zero-order chi connectivity index (χ0) is 15.5. The Morgan fingerprint density at radius 2 is 2.19 bits per heavy atom. The fourth-order valence-corrected chi connectivity index (χ4v) is 4.31. The summed E-state index contributed by atoms with van der Waals surface area (Å²) in [6.07, 6.45) is 9.72. The van der Waals surface area contributed by atoms with Crippen LogP contribution in [0.2, 0.25) is 0 Å². The number of thiol groups is 1. The van der Waals surface area contributed by atoms with Crippen molar-refractivity contribution in [2.45, 2.75) is 71.0 Å². The van der Waals surface area contributed by atoms with Crippen molar-refractivity contribution in [3.05, 3.63) is 22.8 Å². The minimum Gasteiger partial charge on any atom is -0.366 e. The maximum atomic E-state index is 10.9. The van der Waals surface area contributed by atoms with Gasteiger partial charge < -0.3 is 4.74 Å². The molecule has 1 saturated heterocycles. The number of hydrogen-bond acceptors (Lipinski definition) is 3. The van der Waals surface area contributed by atoms with Gasteiger partial charge in [-0.25, -0.2) is 0 Å². The molecule has 0 aromatic rings. The molecule has 1 heterocycles. The zero-order valence-electron chi connectivity index (χ0n) is 13.5. The fraction of sp³-hybridized carbons (Fsp3) is 0.722. The van der Waals surface area contributed by atoms with Gasteiger partial charge in [0.15, 0.2) is 0 Å². The lowest BCUT2D eigenvalue weighted by Crippen LogP contribution is -2.31. The van der Waals surface area contributed by atoms with Gasteiger partial charge in [-0.1, -0.05) is 32.3 Å². The molecule has 21 heavy (non-hydrogen) atoms. The standard InChI is InChI=1S/C18H28O2S/c1-4-6-17(15(12-21)8-10-19)14-7-9-18(13(3)20-18)16(5-2)11-14/h8,10,13,16,21H,4-7,9,11-12H2,1-3H3/b15-8-,17-14-. The van der Waals surface area contributed by atoms with Crippen LogP contribution in [0, 0.1) is 5.92 Å². The Bertz CT molecular complexity index is 452. The Morgan fingerprint density at radius 1 is 1.48 bits per heavy atom. The average Bonchev–Trinajstić information content (AvgIpc) is 3.14. The van der Waals surface area contributed by atoms with Crippen LogP contribution >= 0.6 is 12.6 Å². The number of epoxide rings is 1. The lowest BCUT2D eigenvalue weighted by Gasteiger charge is -2.32. The first-order chi connectivity index (χ1) is 10.1. The fourth-order valence-electron chi connectivity index (χ4n) is 4.02. The van der Waals surface area contributed by atoms with Gasteiger partial charge >= 0.3 is 0 Å². The van der Waals surface area contributed by atoms with E-state index in [0.29, 0.717) is 17.8 Å². The number of ether oxygens (including phenoxy) is 1. The van der Waals surface area contributed by atoms with Crippen molar-refractivity contribution in [2.24, 2.45) is 5.92 Å². The van der Waals surface area contributed by atoms with Crippen LogP contribution in [0.4, 0.5) is 0 Å². The summed E-state index contributed by atoms with van der Waals surface area (Å²) in [7, 11) is 0. The van der Waals surface area contributed by atoms with E-state index in [2.05, 4.69) is 33.4 Å². The minimum absolute atomic E-state index is 0.158. The van der Waals surface area contributed by atoms with E-state index in [0.717, 1.165) is 44.0 Å². The first kappa shape index (κ1) is 16.8. The highest BCUT2D eigenvalue weighted by Crippen LogP contribution is 2.54. The third kappa shape index (κ3) is 3.29. The van der Waals surface area contributed by atoms with E-state index in [1.165, 1.54) is 12.0 Å². The first-order valence-corrected chi connectivity index (χ1v) is 8.90. The molecular formula is C18H28O2S. The SMILES string of the molecule is CCCC(=C1\CCC2(OC2C)C(CC)C1)/C(=C\C=O)CS. The van der Waals surface area contributed by atoms with Crippen molar-refractivity contribution in [3.63, 3.8) is 0 Å². The van der Waals surface area contributed by atoms with E-state index in [4.69, 9.17) is 4.74 Å². The molecule has 1 saturated carbocycles. The van der Waals surface area contributed by atoms with Gasteiger partial charge in [0.1, 0.15) is 6.29 Å². The summed E-state index contributed by atoms with van der Waals surface area (Å²) < 4.78 is 5.96. The summed E-state index contributed by atoms with van der Waals surface area (Å²) in [5.41, 5.74) is 4.20. The molecule has 118 valence electrons. The molecule has 3 unspecified atom stereocenters. The van der Waals surface area contributed by atoms with Crippen molar-refractivity contribution in [2.75, 3.05) is 5.75 Å². The van der Waals surface area contributed by atoms with Crippen molar-refractivity contribution < 1.29 is 9.53 Å². The van der Waals surface area contributed by atoms with Crippen molar-refractivity contribution in [3.8, 4) is 0 Å². The van der Waals surface area contributed by atoms with E-state index in [-0.39, 0.29) is 5.60 Å². The number of hydrogen-bond donors (Lipinski definition) is 1. The van der Waals surface area contributed by atoms with Crippen LogP contribution in [0.25, 0.3) is 0 Å².